The molecule has 82 heavy (non-hydrogen) atoms. The number of hydrogen-bond donors (Lipinski definition) is 3. The van der Waals surface area contributed by atoms with E-state index in [0.717, 1.165) is 111 Å². The van der Waals surface area contributed by atoms with E-state index < -0.39 is 17.9 Å². The van der Waals surface area contributed by atoms with Crippen LogP contribution in [0.25, 0.3) is 80.9 Å². The molecule has 3 N–H and O–H groups in total. The number of rotatable bonds is 18. The molecule has 0 amide bonds. The molecule has 0 unspecified atom stereocenters. The molecule has 9 rings (SSSR count). The minimum atomic E-state index is -1.25. The number of anilines is 3. The van der Waals surface area contributed by atoms with Gasteiger partial charge in [0.25, 0.3) is 0 Å². The summed E-state index contributed by atoms with van der Waals surface area (Å²) in [5, 5.41) is 55.8. The van der Waals surface area contributed by atoms with Gasteiger partial charge in [0.1, 0.15) is 34.9 Å². The van der Waals surface area contributed by atoms with E-state index in [-0.39, 0.29) is 16.7 Å². The SMILES string of the molecule is C/C(=C(/C)c1ccc(-c2ccc(/C=C(/C#N)C(=O)O)s2)s1)c1ccc(N(c2ccc(/C(C)=C(\C)c3ccc(-c4ccc(/C=C(/C#N)C(=O)O)s4)s3)cc2)c2ccc(/C(C)=C(\C)c3ccc(-c4ccc(/C=C(/C#N)C(=O)O)s4)s3)cc2)cc1. The average Bonchev–Trinajstić information content (AvgIpc) is 4.46. The highest BCUT2D eigenvalue weighted by Gasteiger charge is 2.19. The number of hydrogen-bond acceptors (Lipinski definition) is 13. The van der Waals surface area contributed by atoms with E-state index in [2.05, 4.69) is 156 Å². The van der Waals surface area contributed by atoms with Crippen LogP contribution in [0.1, 0.15) is 87.5 Å². The van der Waals surface area contributed by atoms with Crippen LogP contribution in [0, 0.1) is 34.0 Å². The maximum absolute atomic E-state index is 11.4. The fourth-order valence-electron chi connectivity index (χ4n) is 8.79. The number of nitriles is 3. The Bertz CT molecular complexity index is 3860. The maximum atomic E-state index is 11.4. The molecule has 0 aliphatic rings. The first-order valence-corrected chi connectivity index (χ1v) is 30.1. The van der Waals surface area contributed by atoms with Gasteiger partial charge in [0.15, 0.2) is 0 Å². The normalized spacial score (nSPS) is 12.8. The molecular formula is C66H48N4O6S6. The molecule has 0 saturated heterocycles. The molecule has 6 aromatic heterocycles. The summed E-state index contributed by atoms with van der Waals surface area (Å²) in [7, 11) is 0. The van der Waals surface area contributed by atoms with Crippen LogP contribution >= 0.6 is 68.0 Å². The molecule has 0 saturated carbocycles. The highest BCUT2D eigenvalue weighted by Crippen LogP contribution is 2.44. The smallest absolute Gasteiger partial charge is 0.346 e. The molecule has 6 heterocycles. The Morgan fingerprint density at radius 3 is 0.805 bits per heavy atom. The maximum Gasteiger partial charge on any atom is 0.346 e. The van der Waals surface area contributed by atoms with Gasteiger partial charge < -0.3 is 20.2 Å². The molecule has 0 radical (unpaired) electrons. The van der Waals surface area contributed by atoms with Gasteiger partial charge in [-0.15, -0.1) is 68.0 Å². The number of carboxylic acid groups (broad SMARTS) is 3. The van der Waals surface area contributed by atoms with Gasteiger partial charge in [0.2, 0.25) is 0 Å². The Labute approximate surface area is 498 Å². The Morgan fingerprint density at radius 2 is 0.573 bits per heavy atom. The fourth-order valence-corrected chi connectivity index (χ4v) is 15.1. The lowest BCUT2D eigenvalue weighted by molar-refractivity contribution is -0.133. The summed E-state index contributed by atoms with van der Waals surface area (Å²) in [5.41, 5.74) is 12.0. The van der Waals surface area contributed by atoms with Crippen molar-refractivity contribution in [2.24, 2.45) is 0 Å². The van der Waals surface area contributed by atoms with Gasteiger partial charge in [-0.25, -0.2) is 14.4 Å². The summed E-state index contributed by atoms with van der Waals surface area (Å²) in [6.45, 7) is 12.8. The highest BCUT2D eigenvalue weighted by atomic mass is 32.1. The van der Waals surface area contributed by atoms with Gasteiger partial charge in [0.05, 0.1) is 0 Å². The van der Waals surface area contributed by atoms with Gasteiger partial charge in [-0.2, -0.15) is 15.8 Å². The predicted octanol–water partition coefficient (Wildman–Crippen LogP) is 19.4. The summed E-state index contributed by atoms with van der Waals surface area (Å²) in [5.74, 6) is -3.75. The van der Waals surface area contributed by atoms with Gasteiger partial charge >= 0.3 is 17.9 Å². The number of thiophene rings is 6. The number of carbonyl (C=O) groups is 3. The molecule has 10 nitrogen and oxygen atoms in total. The first-order chi connectivity index (χ1) is 39.4. The topological polar surface area (TPSA) is 187 Å². The molecule has 0 spiro atoms. The molecule has 0 aliphatic heterocycles. The second-order valence-electron chi connectivity index (χ2n) is 18.7. The summed E-state index contributed by atoms with van der Waals surface area (Å²) in [6, 6.07) is 55.0. The molecule has 0 fully saturated rings. The Balaban J connectivity index is 1.00. The molecular weight excluding hydrogens is 1140 g/mol. The van der Waals surface area contributed by atoms with Crippen LogP contribution in [0.3, 0.4) is 0 Å². The van der Waals surface area contributed by atoms with Crippen molar-refractivity contribution in [1.82, 2.24) is 0 Å². The lowest BCUT2D eigenvalue weighted by Gasteiger charge is -2.26. The fraction of sp³-hybridized carbons (Fsp3) is 0.0909. The third-order valence-corrected chi connectivity index (χ3v) is 21.1. The van der Waals surface area contributed by atoms with Crippen molar-refractivity contribution < 1.29 is 29.7 Å². The van der Waals surface area contributed by atoms with E-state index in [0.29, 0.717) is 14.6 Å². The Morgan fingerprint density at radius 1 is 0.341 bits per heavy atom. The summed E-state index contributed by atoms with van der Waals surface area (Å²) in [4.78, 5) is 48.1. The van der Waals surface area contributed by atoms with Crippen molar-refractivity contribution in [3.63, 3.8) is 0 Å². The first kappa shape index (κ1) is 57.7. The largest absolute Gasteiger partial charge is 0.477 e. The lowest BCUT2D eigenvalue weighted by Crippen LogP contribution is -2.10. The zero-order valence-electron chi connectivity index (χ0n) is 44.9. The van der Waals surface area contributed by atoms with Crippen LogP contribution in [0.5, 0.6) is 0 Å². The van der Waals surface area contributed by atoms with Crippen LogP contribution in [-0.4, -0.2) is 33.2 Å². The second kappa shape index (κ2) is 25.2. The van der Waals surface area contributed by atoms with E-state index in [9.17, 15) is 45.5 Å². The van der Waals surface area contributed by atoms with Gasteiger partial charge in [0, 0.05) is 75.6 Å². The quantitative estimate of drug-likeness (QED) is 0.0551. The van der Waals surface area contributed by atoms with Crippen molar-refractivity contribution in [2.45, 2.75) is 41.5 Å². The number of aliphatic carboxylic acids is 3. The Kier molecular flexibility index (Phi) is 17.7. The van der Waals surface area contributed by atoms with Crippen molar-refractivity contribution in [3.05, 3.63) is 208 Å². The third-order valence-electron chi connectivity index (χ3n) is 13.8. The number of benzene rings is 3. The number of nitrogens with zero attached hydrogens (tertiary/aromatic N) is 4. The molecule has 0 atom stereocenters. The molecule has 0 aliphatic carbocycles. The monoisotopic (exact) mass is 1180 g/mol. The van der Waals surface area contributed by atoms with Gasteiger partial charge in [-0.3, -0.25) is 0 Å². The van der Waals surface area contributed by atoms with E-state index in [1.807, 2.05) is 36.4 Å². The molecule has 3 aromatic carbocycles. The van der Waals surface area contributed by atoms with Crippen LogP contribution in [-0.2, 0) is 14.4 Å². The van der Waals surface area contributed by atoms with Crippen molar-refractivity contribution in [3.8, 4) is 47.5 Å². The molecule has 9 aromatic rings. The minimum absolute atomic E-state index is 0.306. The van der Waals surface area contributed by atoms with E-state index in [1.165, 1.54) is 52.2 Å². The standard InChI is InChI=1S/C66H48N4O6S6/c1-37(40(4)55-25-28-61(80-55)58-22-19-52(77-58)31-46(34-67)64(71)72)43-7-13-49(14-8-43)70(50-15-9-44(10-16-50)38(2)41(5)56-26-29-62(81-56)59-23-20-53(78-59)32-47(35-68)65(73)74)51-17-11-45(12-18-51)39(3)42(6)57-27-30-63(82-57)60-24-21-54(79-60)33-48(36-69)66(75)76/h7-33H,1-6H3,(H,71,72)(H,73,74)(H,75,76)/b40-37+,41-38+,42-39+,46-31-,47-32-,48-33-. The van der Waals surface area contributed by atoms with Crippen LogP contribution in [0.4, 0.5) is 17.1 Å². The van der Waals surface area contributed by atoms with Crippen molar-refractivity contribution in [2.75, 3.05) is 4.90 Å². The first-order valence-electron chi connectivity index (χ1n) is 25.2. The zero-order chi connectivity index (χ0) is 58.4. The third kappa shape index (κ3) is 12.8. The molecule has 16 heteroatoms. The molecule has 0 bridgehead atoms. The summed E-state index contributed by atoms with van der Waals surface area (Å²) < 4.78 is 0. The van der Waals surface area contributed by atoms with E-state index >= 15 is 0 Å². The van der Waals surface area contributed by atoms with E-state index in [4.69, 9.17) is 0 Å². The van der Waals surface area contributed by atoms with Gasteiger partial charge in [-0.05, 0) is 219 Å². The van der Waals surface area contributed by atoms with E-state index in [1.54, 1.807) is 52.2 Å². The zero-order valence-corrected chi connectivity index (χ0v) is 49.8. The number of allylic oxidation sites excluding steroid dienone is 6. The summed E-state index contributed by atoms with van der Waals surface area (Å²) in [6.07, 6.45) is 4.20. The molecule has 404 valence electrons. The van der Waals surface area contributed by atoms with Crippen molar-refractivity contribution in [1.29, 1.82) is 15.8 Å². The van der Waals surface area contributed by atoms with Crippen molar-refractivity contribution >= 4 is 155 Å². The minimum Gasteiger partial charge on any atom is -0.477 e. The number of carboxylic acids is 3. The lowest BCUT2D eigenvalue weighted by atomic mass is 9.99. The van der Waals surface area contributed by atoms with Gasteiger partial charge in [-0.1, -0.05) is 36.4 Å². The summed E-state index contributed by atoms with van der Waals surface area (Å²) >= 11 is 9.33. The second-order valence-corrected chi connectivity index (χ2v) is 25.3. The average molecular weight is 1190 g/mol. The van der Waals surface area contributed by atoms with Crippen LogP contribution in [0.2, 0.25) is 0 Å². The highest BCUT2D eigenvalue weighted by molar-refractivity contribution is 7.24. The predicted molar refractivity (Wildman–Crippen MR) is 342 cm³/mol. The van der Waals surface area contributed by atoms with Crippen LogP contribution < -0.4 is 4.90 Å². The Hall–Kier alpha value is -9.02. The van der Waals surface area contributed by atoms with Crippen LogP contribution in [0.15, 0.2) is 162 Å².